The molecule has 0 aromatic heterocycles. The second-order valence-electron chi connectivity index (χ2n) is 4.70. The third-order valence-electron chi connectivity index (χ3n) is 3.46. The number of rotatable bonds is 5. The van der Waals surface area contributed by atoms with Gasteiger partial charge in [-0.25, -0.2) is 0 Å². The molecule has 3 nitrogen and oxygen atoms in total. The quantitative estimate of drug-likeness (QED) is 0.521. The molecule has 3 N–H and O–H groups in total. The predicted molar refractivity (Wildman–Crippen MR) is 56.7 cm³/mol. The van der Waals surface area contributed by atoms with E-state index in [4.69, 9.17) is 10.6 Å². The molecule has 0 aromatic rings. The van der Waals surface area contributed by atoms with Crippen molar-refractivity contribution in [1.29, 1.82) is 0 Å². The largest absolute Gasteiger partial charge is 0.377 e. The molecule has 1 aliphatic heterocycles. The van der Waals surface area contributed by atoms with Crippen molar-refractivity contribution in [3.05, 3.63) is 0 Å². The predicted octanol–water partition coefficient (Wildman–Crippen LogP) is 1.58. The first-order chi connectivity index (χ1) is 6.90. The van der Waals surface area contributed by atoms with Gasteiger partial charge in [-0.2, -0.15) is 0 Å². The van der Waals surface area contributed by atoms with Crippen LogP contribution in [-0.2, 0) is 4.74 Å². The molecule has 3 heteroatoms. The zero-order chi connectivity index (χ0) is 9.80. The van der Waals surface area contributed by atoms with Crippen molar-refractivity contribution < 1.29 is 4.74 Å². The maximum atomic E-state index is 5.74. The number of nitrogens with one attached hydrogen (secondary N) is 1. The van der Waals surface area contributed by atoms with Crippen molar-refractivity contribution in [3.63, 3.8) is 0 Å². The van der Waals surface area contributed by atoms with Gasteiger partial charge in [0.25, 0.3) is 0 Å². The first kappa shape index (κ1) is 10.4. The van der Waals surface area contributed by atoms with E-state index in [1.165, 1.54) is 44.9 Å². The highest BCUT2D eigenvalue weighted by Crippen LogP contribution is 2.34. The summed E-state index contributed by atoms with van der Waals surface area (Å²) in [6, 6.07) is 0.385. The van der Waals surface area contributed by atoms with Gasteiger partial charge in [-0.3, -0.25) is 11.3 Å². The van der Waals surface area contributed by atoms with E-state index in [1.54, 1.807) is 0 Å². The molecule has 14 heavy (non-hydrogen) atoms. The van der Waals surface area contributed by atoms with Gasteiger partial charge in [0, 0.05) is 12.6 Å². The Hall–Kier alpha value is -0.120. The van der Waals surface area contributed by atoms with E-state index in [0.717, 1.165) is 12.5 Å². The van der Waals surface area contributed by atoms with Crippen LogP contribution in [0.25, 0.3) is 0 Å². The highest BCUT2D eigenvalue weighted by molar-refractivity contribution is 4.81. The molecule has 82 valence electrons. The number of ether oxygens (including phenoxy) is 1. The fraction of sp³-hybridized carbons (Fsp3) is 1.00. The average molecular weight is 198 g/mol. The molecule has 2 fully saturated rings. The Bertz CT molecular complexity index is 165. The van der Waals surface area contributed by atoms with E-state index in [2.05, 4.69) is 5.43 Å². The maximum Gasteiger partial charge on any atom is 0.0741 e. The van der Waals surface area contributed by atoms with Crippen LogP contribution in [0.15, 0.2) is 0 Å². The topological polar surface area (TPSA) is 47.3 Å². The van der Waals surface area contributed by atoms with Crippen molar-refractivity contribution in [2.75, 3.05) is 6.61 Å². The fourth-order valence-corrected chi connectivity index (χ4v) is 2.28. The summed E-state index contributed by atoms with van der Waals surface area (Å²) in [7, 11) is 0. The summed E-state index contributed by atoms with van der Waals surface area (Å²) in [4.78, 5) is 0. The van der Waals surface area contributed by atoms with Crippen LogP contribution in [0.2, 0.25) is 0 Å². The van der Waals surface area contributed by atoms with Crippen molar-refractivity contribution >= 4 is 0 Å². The summed E-state index contributed by atoms with van der Waals surface area (Å²) in [5, 5.41) is 0. The maximum absolute atomic E-state index is 5.74. The van der Waals surface area contributed by atoms with E-state index >= 15 is 0 Å². The summed E-state index contributed by atoms with van der Waals surface area (Å²) in [5.74, 6) is 6.58. The molecule has 0 radical (unpaired) electrons. The van der Waals surface area contributed by atoms with Crippen LogP contribution in [0.4, 0.5) is 0 Å². The highest BCUT2D eigenvalue weighted by atomic mass is 16.5. The van der Waals surface area contributed by atoms with Gasteiger partial charge >= 0.3 is 0 Å². The number of hydrogen-bond donors (Lipinski definition) is 2. The van der Waals surface area contributed by atoms with Gasteiger partial charge in [0.05, 0.1) is 6.10 Å². The van der Waals surface area contributed by atoms with E-state index in [0.29, 0.717) is 12.1 Å². The van der Waals surface area contributed by atoms with Crippen LogP contribution in [-0.4, -0.2) is 18.8 Å². The van der Waals surface area contributed by atoms with Crippen molar-refractivity contribution in [3.8, 4) is 0 Å². The Morgan fingerprint density at radius 3 is 2.71 bits per heavy atom. The third kappa shape index (κ3) is 2.94. The van der Waals surface area contributed by atoms with E-state index in [9.17, 15) is 0 Å². The van der Waals surface area contributed by atoms with Gasteiger partial charge in [0.15, 0.2) is 0 Å². The Kier molecular flexibility index (Phi) is 3.79. The van der Waals surface area contributed by atoms with Gasteiger partial charge in [-0.1, -0.05) is 12.8 Å². The molecule has 0 aromatic carbocycles. The minimum absolute atomic E-state index is 0.368. The Balaban J connectivity index is 1.71. The summed E-state index contributed by atoms with van der Waals surface area (Å²) in [5.41, 5.74) is 2.93. The normalized spacial score (nSPS) is 30.2. The SMILES string of the molecule is NNC(CCC1CC1)C1CCCCO1. The van der Waals surface area contributed by atoms with Crippen molar-refractivity contribution in [1.82, 2.24) is 5.43 Å². The van der Waals surface area contributed by atoms with Gasteiger partial charge in [0.1, 0.15) is 0 Å². The molecule has 2 aliphatic rings. The molecule has 1 saturated carbocycles. The highest BCUT2D eigenvalue weighted by Gasteiger charge is 2.27. The number of hydrogen-bond acceptors (Lipinski definition) is 3. The lowest BCUT2D eigenvalue weighted by molar-refractivity contribution is -0.00993. The number of hydrazine groups is 1. The van der Waals surface area contributed by atoms with Crippen LogP contribution in [0.3, 0.4) is 0 Å². The molecule has 1 aliphatic carbocycles. The van der Waals surface area contributed by atoms with Gasteiger partial charge in [0.2, 0.25) is 0 Å². The van der Waals surface area contributed by atoms with Gasteiger partial charge in [-0.05, 0) is 38.0 Å². The van der Waals surface area contributed by atoms with Crippen LogP contribution < -0.4 is 11.3 Å². The second kappa shape index (κ2) is 5.10. The Morgan fingerprint density at radius 2 is 2.14 bits per heavy atom. The Morgan fingerprint density at radius 1 is 1.29 bits per heavy atom. The minimum atomic E-state index is 0.368. The summed E-state index contributed by atoms with van der Waals surface area (Å²) in [6.45, 7) is 0.923. The molecule has 1 heterocycles. The first-order valence-electron chi connectivity index (χ1n) is 5.98. The lowest BCUT2D eigenvalue weighted by Crippen LogP contribution is -2.46. The van der Waals surface area contributed by atoms with Crippen molar-refractivity contribution in [2.24, 2.45) is 11.8 Å². The van der Waals surface area contributed by atoms with E-state index in [1.807, 2.05) is 0 Å². The zero-order valence-electron chi connectivity index (χ0n) is 8.87. The molecule has 1 saturated heterocycles. The third-order valence-corrected chi connectivity index (χ3v) is 3.46. The molecule has 2 unspecified atom stereocenters. The van der Waals surface area contributed by atoms with Crippen LogP contribution >= 0.6 is 0 Å². The van der Waals surface area contributed by atoms with E-state index < -0.39 is 0 Å². The fourth-order valence-electron chi connectivity index (χ4n) is 2.28. The summed E-state index contributed by atoms with van der Waals surface area (Å²) >= 11 is 0. The molecule has 0 spiro atoms. The average Bonchev–Trinajstić information content (AvgIpc) is 3.04. The molecule has 2 rings (SSSR count). The molecular weight excluding hydrogens is 176 g/mol. The standard InChI is InChI=1S/C11H22N2O/c12-13-10(7-6-9-4-5-9)11-3-1-2-8-14-11/h9-11,13H,1-8,12H2. The second-order valence-corrected chi connectivity index (χ2v) is 4.70. The van der Waals surface area contributed by atoms with Crippen LogP contribution in [0.1, 0.15) is 44.9 Å². The smallest absolute Gasteiger partial charge is 0.0741 e. The molecule has 0 amide bonds. The Labute approximate surface area is 86.4 Å². The summed E-state index contributed by atoms with van der Waals surface area (Å²) < 4.78 is 5.74. The molecule has 2 atom stereocenters. The lowest BCUT2D eigenvalue weighted by atomic mass is 9.98. The molecule has 0 bridgehead atoms. The molecular formula is C11H22N2O. The first-order valence-corrected chi connectivity index (χ1v) is 5.98. The lowest BCUT2D eigenvalue weighted by Gasteiger charge is -2.30. The monoisotopic (exact) mass is 198 g/mol. The zero-order valence-corrected chi connectivity index (χ0v) is 8.87. The number of nitrogens with two attached hydrogens (primary N) is 1. The van der Waals surface area contributed by atoms with Gasteiger partial charge < -0.3 is 4.74 Å². The van der Waals surface area contributed by atoms with E-state index in [-0.39, 0.29) is 0 Å². The minimum Gasteiger partial charge on any atom is -0.377 e. The van der Waals surface area contributed by atoms with Crippen LogP contribution in [0, 0.1) is 5.92 Å². The van der Waals surface area contributed by atoms with Crippen LogP contribution in [0.5, 0.6) is 0 Å². The summed E-state index contributed by atoms with van der Waals surface area (Å²) in [6.07, 6.45) is 9.45. The van der Waals surface area contributed by atoms with Gasteiger partial charge in [-0.15, -0.1) is 0 Å². The van der Waals surface area contributed by atoms with Crippen molar-refractivity contribution in [2.45, 2.75) is 57.1 Å².